The Balaban J connectivity index is 2.07. The predicted molar refractivity (Wildman–Crippen MR) is 67.7 cm³/mol. The molecule has 1 aromatic heterocycles. The van der Waals surface area contributed by atoms with Crippen molar-refractivity contribution in [3.05, 3.63) is 22.3 Å². The molecule has 0 saturated carbocycles. The number of hydrogen-bond donors (Lipinski definition) is 1. The summed E-state index contributed by atoms with van der Waals surface area (Å²) in [5.41, 5.74) is 1.08. The second kappa shape index (κ2) is 5.15. The van der Waals surface area contributed by atoms with Crippen LogP contribution in [0.25, 0.3) is 0 Å². The topological polar surface area (TPSA) is 34.1 Å². The summed E-state index contributed by atoms with van der Waals surface area (Å²) in [5, 5.41) is 3.35. The summed E-state index contributed by atoms with van der Waals surface area (Å²) in [6, 6.07) is 2.03. The molecular weight excluding hydrogens is 268 g/mol. The molecule has 2 unspecified atom stereocenters. The molecule has 0 aromatic carbocycles. The summed E-state index contributed by atoms with van der Waals surface area (Å²) >= 11 is 3.40. The zero-order valence-electron chi connectivity index (χ0n) is 9.66. The van der Waals surface area contributed by atoms with Crippen molar-refractivity contribution in [2.75, 3.05) is 13.1 Å². The highest BCUT2D eigenvalue weighted by Crippen LogP contribution is 2.23. The SMILES string of the molecule is Cc1cc(Br)cnc1OC1CNCCC1C. The van der Waals surface area contributed by atoms with Crippen molar-refractivity contribution in [3.8, 4) is 5.88 Å². The third-order valence-electron chi connectivity index (χ3n) is 3.02. The molecule has 88 valence electrons. The third kappa shape index (κ3) is 2.74. The number of hydrogen-bond acceptors (Lipinski definition) is 3. The molecule has 1 saturated heterocycles. The van der Waals surface area contributed by atoms with Gasteiger partial charge in [-0.1, -0.05) is 6.92 Å². The Morgan fingerprint density at radius 1 is 1.56 bits per heavy atom. The van der Waals surface area contributed by atoms with Crippen LogP contribution in [0.4, 0.5) is 0 Å². The van der Waals surface area contributed by atoms with E-state index in [4.69, 9.17) is 4.74 Å². The molecule has 3 nitrogen and oxygen atoms in total. The zero-order chi connectivity index (χ0) is 11.5. The molecule has 2 heterocycles. The molecule has 1 aliphatic heterocycles. The van der Waals surface area contributed by atoms with Gasteiger partial charge in [-0.25, -0.2) is 4.98 Å². The van der Waals surface area contributed by atoms with E-state index >= 15 is 0 Å². The number of halogens is 1. The number of nitrogens with zero attached hydrogens (tertiary/aromatic N) is 1. The molecule has 1 N–H and O–H groups in total. The Bertz CT molecular complexity index is 370. The quantitative estimate of drug-likeness (QED) is 0.906. The Labute approximate surface area is 105 Å². The van der Waals surface area contributed by atoms with Gasteiger partial charge >= 0.3 is 0 Å². The van der Waals surface area contributed by atoms with Gasteiger partial charge in [0.25, 0.3) is 0 Å². The van der Waals surface area contributed by atoms with Crippen molar-refractivity contribution >= 4 is 15.9 Å². The number of piperidine rings is 1. The van der Waals surface area contributed by atoms with Gasteiger partial charge in [-0.3, -0.25) is 0 Å². The first-order valence-corrected chi connectivity index (χ1v) is 6.45. The Morgan fingerprint density at radius 3 is 3.06 bits per heavy atom. The molecule has 1 aliphatic rings. The molecule has 0 radical (unpaired) electrons. The Kier molecular flexibility index (Phi) is 3.82. The number of aryl methyl sites for hydroxylation is 1. The Morgan fingerprint density at radius 2 is 2.38 bits per heavy atom. The van der Waals surface area contributed by atoms with Crippen LogP contribution in [0.3, 0.4) is 0 Å². The summed E-state index contributed by atoms with van der Waals surface area (Å²) in [7, 11) is 0. The molecule has 0 bridgehead atoms. The molecule has 2 atom stereocenters. The lowest BCUT2D eigenvalue weighted by Gasteiger charge is -2.29. The average Bonchev–Trinajstić information content (AvgIpc) is 2.25. The maximum Gasteiger partial charge on any atom is 0.216 e. The van der Waals surface area contributed by atoms with Gasteiger partial charge in [0.1, 0.15) is 6.10 Å². The number of pyridine rings is 1. The molecule has 1 fully saturated rings. The fourth-order valence-electron chi connectivity index (χ4n) is 1.91. The molecule has 2 rings (SSSR count). The summed E-state index contributed by atoms with van der Waals surface area (Å²) in [6.45, 7) is 6.26. The predicted octanol–water partition coefficient (Wildman–Crippen LogP) is 2.53. The van der Waals surface area contributed by atoms with Gasteiger partial charge in [-0.05, 0) is 47.8 Å². The van der Waals surface area contributed by atoms with Crippen LogP contribution in [-0.2, 0) is 0 Å². The summed E-state index contributed by atoms with van der Waals surface area (Å²) < 4.78 is 6.95. The lowest BCUT2D eigenvalue weighted by Crippen LogP contribution is -2.43. The normalized spacial score (nSPS) is 25.4. The molecule has 0 spiro atoms. The second-order valence-corrected chi connectivity index (χ2v) is 5.32. The summed E-state index contributed by atoms with van der Waals surface area (Å²) in [5.74, 6) is 1.34. The number of aromatic nitrogens is 1. The van der Waals surface area contributed by atoms with E-state index in [-0.39, 0.29) is 6.10 Å². The molecule has 0 aliphatic carbocycles. The maximum atomic E-state index is 5.96. The van der Waals surface area contributed by atoms with E-state index in [9.17, 15) is 0 Å². The molecular formula is C12H17BrN2O. The number of nitrogens with one attached hydrogen (secondary N) is 1. The van der Waals surface area contributed by atoms with E-state index in [1.165, 1.54) is 6.42 Å². The zero-order valence-corrected chi connectivity index (χ0v) is 11.3. The van der Waals surface area contributed by atoms with Gasteiger partial charge in [-0.2, -0.15) is 0 Å². The van der Waals surface area contributed by atoms with Gasteiger partial charge in [-0.15, -0.1) is 0 Å². The number of ether oxygens (including phenoxy) is 1. The largest absolute Gasteiger partial charge is 0.473 e. The first-order chi connectivity index (χ1) is 7.66. The lowest BCUT2D eigenvalue weighted by atomic mass is 9.97. The standard InChI is InChI=1S/C12H17BrN2O/c1-8-3-4-14-7-11(8)16-12-9(2)5-10(13)6-15-12/h5-6,8,11,14H,3-4,7H2,1-2H3. The first kappa shape index (κ1) is 11.9. The van der Waals surface area contributed by atoms with Crippen LogP contribution in [0.2, 0.25) is 0 Å². The van der Waals surface area contributed by atoms with E-state index in [2.05, 4.69) is 33.2 Å². The van der Waals surface area contributed by atoms with Gasteiger partial charge < -0.3 is 10.1 Å². The van der Waals surface area contributed by atoms with Crippen LogP contribution in [0.5, 0.6) is 5.88 Å². The minimum absolute atomic E-state index is 0.237. The molecule has 0 amide bonds. The van der Waals surface area contributed by atoms with Crippen LogP contribution >= 0.6 is 15.9 Å². The lowest BCUT2D eigenvalue weighted by molar-refractivity contribution is 0.109. The molecule has 4 heteroatoms. The van der Waals surface area contributed by atoms with Crippen molar-refractivity contribution in [2.45, 2.75) is 26.4 Å². The van der Waals surface area contributed by atoms with Crippen molar-refractivity contribution < 1.29 is 4.74 Å². The third-order valence-corrected chi connectivity index (χ3v) is 3.45. The first-order valence-electron chi connectivity index (χ1n) is 5.66. The average molecular weight is 285 g/mol. The van der Waals surface area contributed by atoms with E-state index in [0.717, 1.165) is 29.0 Å². The highest BCUT2D eigenvalue weighted by molar-refractivity contribution is 9.10. The number of rotatable bonds is 2. The smallest absolute Gasteiger partial charge is 0.216 e. The fraction of sp³-hybridized carbons (Fsp3) is 0.583. The highest BCUT2D eigenvalue weighted by Gasteiger charge is 2.23. The van der Waals surface area contributed by atoms with Crippen molar-refractivity contribution in [2.24, 2.45) is 5.92 Å². The van der Waals surface area contributed by atoms with Crippen molar-refractivity contribution in [1.82, 2.24) is 10.3 Å². The van der Waals surface area contributed by atoms with Gasteiger partial charge in [0.2, 0.25) is 5.88 Å². The van der Waals surface area contributed by atoms with E-state index < -0.39 is 0 Å². The molecule has 16 heavy (non-hydrogen) atoms. The second-order valence-electron chi connectivity index (χ2n) is 4.40. The highest BCUT2D eigenvalue weighted by atomic mass is 79.9. The van der Waals surface area contributed by atoms with E-state index in [1.54, 1.807) is 6.20 Å². The van der Waals surface area contributed by atoms with Crippen LogP contribution in [0, 0.1) is 12.8 Å². The van der Waals surface area contributed by atoms with Crippen molar-refractivity contribution in [1.29, 1.82) is 0 Å². The summed E-state index contributed by atoms with van der Waals surface area (Å²) in [4.78, 5) is 4.31. The van der Waals surface area contributed by atoms with E-state index in [0.29, 0.717) is 5.92 Å². The van der Waals surface area contributed by atoms with Crippen LogP contribution in [-0.4, -0.2) is 24.2 Å². The Hall–Kier alpha value is -0.610. The van der Waals surface area contributed by atoms with Crippen molar-refractivity contribution in [3.63, 3.8) is 0 Å². The minimum atomic E-state index is 0.237. The maximum absolute atomic E-state index is 5.96. The fourth-order valence-corrected chi connectivity index (χ4v) is 2.36. The van der Waals surface area contributed by atoms with Gasteiger partial charge in [0, 0.05) is 22.8 Å². The van der Waals surface area contributed by atoms with E-state index in [1.807, 2.05) is 13.0 Å². The van der Waals surface area contributed by atoms with Crippen LogP contribution < -0.4 is 10.1 Å². The van der Waals surface area contributed by atoms with Crippen LogP contribution in [0.15, 0.2) is 16.7 Å². The monoisotopic (exact) mass is 284 g/mol. The molecule has 1 aromatic rings. The van der Waals surface area contributed by atoms with Gasteiger partial charge in [0.15, 0.2) is 0 Å². The summed E-state index contributed by atoms with van der Waals surface area (Å²) in [6.07, 6.45) is 3.19. The minimum Gasteiger partial charge on any atom is -0.473 e. The van der Waals surface area contributed by atoms with Crippen LogP contribution in [0.1, 0.15) is 18.9 Å². The van der Waals surface area contributed by atoms with Gasteiger partial charge in [0.05, 0.1) is 0 Å².